The first-order valence-electron chi connectivity index (χ1n) is 11.0. The van der Waals surface area contributed by atoms with Gasteiger partial charge in [-0.05, 0) is 37.2 Å². The van der Waals surface area contributed by atoms with E-state index in [1.54, 1.807) is 0 Å². The van der Waals surface area contributed by atoms with Gasteiger partial charge in [-0.3, -0.25) is 14.6 Å². The molecule has 2 atom stereocenters. The zero-order valence-corrected chi connectivity index (χ0v) is 18.0. The summed E-state index contributed by atoms with van der Waals surface area (Å²) in [4.78, 5) is 32.2. The minimum Gasteiger partial charge on any atom is -0.323 e. The number of hydrogen-bond acceptors (Lipinski definition) is 4. The molecule has 1 aromatic rings. The average Bonchev–Trinajstić information content (AvgIpc) is 2.93. The molecule has 3 fully saturated rings. The number of nitrogens with one attached hydrogen (secondary N) is 1. The van der Waals surface area contributed by atoms with Crippen LogP contribution in [0.15, 0.2) is 24.3 Å². The van der Waals surface area contributed by atoms with Crippen molar-refractivity contribution < 1.29 is 9.59 Å². The van der Waals surface area contributed by atoms with E-state index in [1.807, 2.05) is 0 Å². The lowest BCUT2D eigenvalue weighted by Gasteiger charge is -2.42. The second kappa shape index (κ2) is 8.07. The van der Waals surface area contributed by atoms with Crippen LogP contribution in [0.5, 0.6) is 0 Å². The number of benzene rings is 1. The number of urea groups is 1. The van der Waals surface area contributed by atoms with Crippen LogP contribution in [0.25, 0.3) is 0 Å². The Bertz CT molecular complexity index is 762. The van der Waals surface area contributed by atoms with Crippen molar-refractivity contribution in [1.29, 1.82) is 0 Å². The molecule has 2 unspecified atom stereocenters. The molecule has 4 rings (SSSR count). The summed E-state index contributed by atoms with van der Waals surface area (Å²) < 4.78 is 0. The van der Waals surface area contributed by atoms with E-state index in [-0.39, 0.29) is 23.8 Å². The second-order valence-corrected chi connectivity index (χ2v) is 9.29. The molecule has 29 heavy (non-hydrogen) atoms. The molecule has 3 amide bonds. The molecule has 2 saturated heterocycles. The number of hydrogen-bond donors (Lipinski definition) is 1. The molecule has 0 aromatic heterocycles. The Morgan fingerprint density at radius 1 is 1.03 bits per heavy atom. The second-order valence-electron chi connectivity index (χ2n) is 9.29. The molecule has 1 spiro atoms. The highest BCUT2D eigenvalue weighted by Gasteiger charge is 2.58. The predicted molar refractivity (Wildman–Crippen MR) is 113 cm³/mol. The van der Waals surface area contributed by atoms with Gasteiger partial charge in [-0.15, -0.1) is 0 Å². The lowest BCUT2D eigenvalue weighted by atomic mass is 9.67. The SMILES string of the molecule is Cc1cccc(CN2CCN(CN3C(=O)NC4(C3=O)C(C)CCCC4C)CC2)c1. The number of carbonyl (C=O) groups excluding carboxylic acids is 2. The van der Waals surface area contributed by atoms with Gasteiger partial charge in [-0.2, -0.15) is 0 Å². The van der Waals surface area contributed by atoms with Crippen LogP contribution in [0.4, 0.5) is 4.79 Å². The first-order valence-corrected chi connectivity index (χ1v) is 11.0. The van der Waals surface area contributed by atoms with Gasteiger partial charge in [0.1, 0.15) is 5.54 Å². The van der Waals surface area contributed by atoms with E-state index in [4.69, 9.17) is 0 Å². The summed E-state index contributed by atoms with van der Waals surface area (Å²) in [6.45, 7) is 11.4. The fourth-order valence-corrected chi connectivity index (χ4v) is 5.44. The Morgan fingerprint density at radius 3 is 2.34 bits per heavy atom. The molecule has 2 aliphatic heterocycles. The highest BCUT2D eigenvalue weighted by Crippen LogP contribution is 2.42. The average molecular weight is 399 g/mol. The van der Waals surface area contributed by atoms with Gasteiger partial charge in [-0.25, -0.2) is 9.69 Å². The van der Waals surface area contributed by atoms with Gasteiger partial charge in [0.2, 0.25) is 0 Å². The molecule has 1 N–H and O–H groups in total. The van der Waals surface area contributed by atoms with Crippen LogP contribution in [-0.2, 0) is 11.3 Å². The molecular weight excluding hydrogens is 364 g/mol. The first-order chi connectivity index (χ1) is 13.9. The lowest BCUT2D eigenvalue weighted by molar-refractivity contribution is -0.138. The molecule has 6 nitrogen and oxygen atoms in total. The standard InChI is InChI=1S/C23H34N4O2/c1-17-6-4-9-20(14-17)15-25-10-12-26(13-11-25)16-27-21(28)23(24-22(27)29)18(2)7-5-8-19(23)3/h4,6,9,14,18-19H,5,7-8,10-13,15-16H2,1-3H3,(H,24,29). The Labute approximate surface area is 174 Å². The molecule has 0 bridgehead atoms. The molecule has 3 aliphatic rings. The zero-order chi connectivity index (χ0) is 20.6. The summed E-state index contributed by atoms with van der Waals surface area (Å²) in [6.07, 6.45) is 3.14. The van der Waals surface area contributed by atoms with Gasteiger partial charge in [0, 0.05) is 32.7 Å². The highest BCUT2D eigenvalue weighted by atomic mass is 16.2. The summed E-state index contributed by atoms with van der Waals surface area (Å²) in [5.74, 6) is 0.377. The van der Waals surface area contributed by atoms with Crippen molar-refractivity contribution in [3.05, 3.63) is 35.4 Å². The van der Waals surface area contributed by atoms with E-state index >= 15 is 0 Å². The number of amides is 3. The summed E-state index contributed by atoms with van der Waals surface area (Å²) in [7, 11) is 0. The maximum Gasteiger partial charge on any atom is 0.326 e. The monoisotopic (exact) mass is 398 g/mol. The van der Waals surface area contributed by atoms with Crippen molar-refractivity contribution in [1.82, 2.24) is 20.0 Å². The van der Waals surface area contributed by atoms with E-state index in [2.05, 4.69) is 60.2 Å². The number of imide groups is 1. The molecule has 6 heteroatoms. The van der Waals surface area contributed by atoms with Crippen molar-refractivity contribution in [2.75, 3.05) is 32.8 Å². The summed E-state index contributed by atoms with van der Waals surface area (Å²) in [5, 5.41) is 3.11. The molecule has 1 aromatic carbocycles. The Balaban J connectivity index is 1.34. The highest BCUT2D eigenvalue weighted by molar-refractivity contribution is 6.07. The van der Waals surface area contributed by atoms with Gasteiger partial charge < -0.3 is 5.32 Å². The largest absolute Gasteiger partial charge is 0.326 e. The fraction of sp³-hybridized carbons (Fsp3) is 0.652. The zero-order valence-electron chi connectivity index (χ0n) is 18.0. The van der Waals surface area contributed by atoms with Crippen LogP contribution < -0.4 is 5.32 Å². The van der Waals surface area contributed by atoms with Crippen LogP contribution in [0.1, 0.15) is 44.2 Å². The maximum absolute atomic E-state index is 13.3. The van der Waals surface area contributed by atoms with E-state index < -0.39 is 5.54 Å². The van der Waals surface area contributed by atoms with Crippen LogP contribution in [-0.4, -0.2) is 65.0 Å². The Kier molecular flexibility index (Phi) is 5.67. The smallest absolute Gasteiger partial charge is 0.323 e. The van der Waals surface area contributed by atoms with Gasteiger partial charge >= 0.3 is 6.03 Å². The van der Waals surface area contributed by atoms with Crippen molar-refractivity contribution in [2.45, 2.75) is 52.1 Å². The lowest BCUT2D eigenvalue weighted by Crippen LogP contribution is -2.59. The van der Waals surface area contributed by atoms with Gasteiger partial charge in [0.15, 0.2) is 0 Å². The molecule has 158 valence electrons. The Hall–Kier alpha value is -1.92. The normalized spacial score (nSPS) is 31.5. The van der Waals surface area contributed by atoms with Crippen LogP contribution in [0.2, 0.25) is 0 Å². The van der Waals surface area contributed by atoms with Gasteiger partial charge in [0.25, 0.3) is 5.91 Å². The van der Waals surface area contributed by atoms with Crippen molar-refractivity contribution >= 4 is 11.9 Å². The Morgan fingerprint density at radius 2 is 1.69 bits per heavy atom. The van der Waals surface area contributed by atoms with Crippen LogP contribution >= 0.6 is 0 Å². The van der Waals surface area contributed by atoms with Crippen molar-refractivity contribution in [3.8, 4) is 0 Å². The van der Waals surface area contributed by atoms with E-state index in [0.717, 1.165) is 52.0 Å². The maximum atomic E-state index is 13.3. The minimum absolute atomic E-state index is 0.00982. The topological polar surface area (TPSA) is 55.9 Å². The third-order valence-corrected chi connectivity index (χ3v) is 7.28. The van der Waals surface area contributed by atoms with E-state index in [0.29, 0.717) is 6.67 Å². The first kappa shape index (κ1) is 20.4. The quantitative estimate of drug-likeness (QED) is 0.793. The van der Waals surface area contributed by atoms with E-state index in [9.17, 15) is 9.59 Å². The van der Waals surface area contributed by atoms with Crippen molar-refractivity contribution in [2.24, 2.45) is 11.8 Å². The molecular formula is C23H34N4O2. The number of piperazine rings is 1. The van der Waals surface area contributed by atoms with Crippen molar-refractivity contribution in [3.63, 3.8) is 0 Å². The summed E-state index contributed by atoms with van der Waals surface area (Å²) >= 11 is 0. The third kappa shape index (κ3) is 3.80. The molecule has 1 saturated carbocycles. The van der Waals surface area contributed by atoms with Crippen LogP contribution in [0, 0.1) is 18.8 Å². The minimum atomic E-state index is -0.692. The molecule has 1 aliphatic carbocycles. The summed E-state index contributed by atoms with van der Waals surface area (Å²) in [5.41, 5.74) is 1.94. The molecule has 2 heterocycles. The van der Waals surface area contributed by atoms with Gasteiger partial charge in [-0.1, -0.05) is 50.1 Å². The molecule has 0 radical (unpaired) electrons. The number of rotatable bonds is 4. The van der Waals surface area contributed by atoms with E-state index in [1.165, 1.54) is 16.0 Å². The number of carbonyl (C=O) groups is 2. The fourth-order valence-electron chi connectivity index (χ4n) is 5.44. The number of nitrogens with zero attached hydrogens (tertiary/aromatic N) is 3. The predicted octanol–water partition coefficient (Wildman–Crippen LogP) is 2.82. The number of aryl methyl sites for hydroxylation is 1. The van der Waals surface area contributed by atoms with Gasteiger partial charge in [0.05, 0.1) is 6.67 Å². The third-order valence-electron chi connectivity index (χ3n) is 7.28. The summed E-state index contributed by atoms with van der Waals surface area (Å²) in [6, 6.07) is 8.45. The van der Waals surface area contributed by atoms with Crippen LogP contribution in [0.3, 0.4) is 0 Å².